The lowest BCUT2D eigenvalue weighted by Gasteiger charge is -2.24. The van der Waals surface area contributed by atoms with Crippen LogP contribution in [-0.2, 0) is 4.79 Å². The van der Waals surface area contributed by atoms with Gasteiger partial charge in [-0.25, -0.2) is 0 Å². The van der Waals surface area contributed by atoms with E-state index in [1.165, 1.54) is 11.1 Å². The van der Waals surface area contributed by atoms with Crippen molar-refractivity contribution >= 4 is 34.6 Å². The predicted molar refractivity (Wildman–Crippen MR) is 115 cm³/mol. The molecule has 0 atom stereocenters. The molecule has 0 saturated carbocycles. The van der Waals surface area contributed by atoms with Gasteiger partial charge >= 0.3 is 0 Å². The lowest BCUT2D eigenvalue weighted by molar-refractivity contribution is -0.116. The molecule has 2 N–H and O–H groups in total. The van der Waals surface area contributed by atoms with E-state index in [2.05, 4.69) is 24.5 Å². The molecule has 0 fully saturated rings. The first-order chi connectivity index (χ1) is 13.5. The van der Waals surface area contributed by atoms with Crippen LogP contribution >= 0.6 is 12.2 Å². The summed E-state index contributed by atoms with van der Waals surface area (Å²) in [5, 5.41) is 6.62. The van der Waals surface area contributed by atoms with Crippen LogP contribution in [-0.4, -0.2) is 42.2 Å². The van der Waals surface area contributed by atoms with Gasteiger partial charge in [0, 0.05) is 24.0 Å². The molecule has 0 aliphatic carbocycles. The van der Waals surface area contributed by atoms with Crippen molar-refractivity contribution in [2.45, 2.75) is 20.8 Å². The number of nitrogens with one attached hydrogen (secondary N) is 2. The van der Waals surface area contributed by atoms with Crippen LogP contribution in [0, 0.1) is 13.8 Å². The highest BCUT2D eigenvalue weighted by Gasteiger charge is 2.15. The highest BCUT2D eigenvalue weighted by Crippen LogP contribution is 2.32. The molecule has 1 heterocycles. The van der Waals surface area contributed by atoms with E-state index < -0.39 is 0 Å². The number of ether oxygens (including phenoxy) is 2. The highest BCUT2D eigenvalue weighted by molar-refractivity contribution is 7.80. The number of hydrogen-bond donors (Lipinski definition) is 2. The third-order valence-electron chi connectivity index (χ3n) is 4.59. The van der Waals surface area contributed by atoms with Crippen LogP contribution in [0.15, 0.2) is 36.4 Å². The van der Waals surface area contributed by atoms with Gasteiger partial charge in [-0.2, -0.15) is 0 Å². The number of carbonyl (C=O) groups excluding carboxylic acids is 1. The van der Waals surface area contributed by atoms with Gasteiger partial charge in [-0.1, -0.05) is 6.07 Å². The molecule has 0 spiro atoms. The monoisotopic (exact) mass is 399 g/mol. The summed E-state index contributed by atoms with van der Waals surface area (Å²) in [6, 6.07) is 11.4. The third-order valence-corrected chi connectivity index (χ3v) is 4.95. The van der Waals surface area contributed by atoms with Gasteiger partial charge in [0.2, 0.25) is 5.91 Å². The quantitative estimate of drug-likeness (QED) is 0.747. The second-order valence-electron chi connectivity index (χ2n) is 6.65. The SMILES string of the molecule is CCN(CC(=O)Nc1ccc2c(c1)OCCO2)C(=S)Nc1ccc(C)c(C)c1. The Kier molecular flexibility index (Phi) is 6.36. The van der Waals surface area contributed by atoms with Crippen molar-refractivity contribution < 1.29 is 14.3 Å². The molecule has 1 aliphatic rings. The summed E-state index contributed by atoms with van der Waals surface area (Å²) >= 11 is 5.49. The van der Waals surface area contributed by atoms with Crippen molar-refractivity contribution in [3.05, 3.63) is 47.5 Å². The van der Waals surface area contributed by atoms with Crippen LogP contribution in [0.1, 0.15) is 18.1 Å². The summed E-state index contributed by atoms with van der Waals surface area (Å²) in [7, 11) is 0. The van der Waals surface area contributed by atoms with Crippen molar-refractivity contribution in [2.75, 3.05) is 36.9 Å². The molecular formula is C21H25N3O3S. The van der Waals surface area contributed by atoms with Crippen molar-refractivity contribution in [3.8, 4) is 11.5 Å². The number of benzene rings is 2. The smallest absolute Gasteiger partial charge is 0.243 e. The third kappa shape index (κ3) is 4.92. The van der Waals surface area contributed by atoms with Gasteiger partial charge in [-0.05, 0) is 68.4 Å². The average molecular weight is 400 g/mol. The predicted octanol–water partition coefficient (Wildman–Crippen LogP) is 3.73. The fraction of sp³-hybridized carbons (Fsp3) is 0.333. The van der Waals surface area contributed by atoms with Crippen LogP contribution in [0.2, 0.25) is 0 Å². The minimum absolute atomic E-state index is 0.150. The standard InChI is InChI=1S/C21H25N3O3S/c1-4-24(21(28)23-16-6-5-14(2)15(3)11-16)13-20(25)22-17-7-8-18-19(12-17)27-10-9-26-18/h5-8,11-12H,4,9-10,13H2,1-3H3,(H,22,25)(H,23,28). The second kappa shape index (κ2) is 8.93. The van der Waals surface area contributed by atoms with E-state index in [1.807, 2.05) is 30.0 Å². The lowest BCUT2D eigenvalue weighted by Crippen LogP contribution is -2.40. The molecule has 1 amide bonds. The molecule has 1 aliphatic heterocycles. The summed E-state index contributed by atoms with van der Waals surface area (Å²) in [5.74, 6) is 1.18. The summed E-state index contributed by atoms with van der Waals surface area (Å²) in [6.45, 7) is 7.90. The molecule has 0 saturated heterocycles. The largest absolute Gasteiger partial charge is 0.486 e. The second-order valence-corrected chi connectivity index (χ2v) is 7.04. The van der Waals surface area contributed by atoms with E-state index in [-0.39, 0.29) is 12.5 Å². The Hall–Kier alpha value is -2.80. The number of likely N-dealkylation sites (N-methyl/N-ethyl adjacent to an activating group) is 1. The van der Waals surface area contributed by atoms with E-state index in [4.69, 9.17) is 21.7 Å². The molecule has 6 nitrogen and oxygen atoms in total. The van der Waals surface area contributed by atoms with Gasteiger partial charge in [-0.3, -0.25) is 4.79 Å². The maximum atomic E-state index is 12.5. The Morgan fingerprint density at radius 2 is 1.68 bits per heavy atom. The first kappa shape index (κ1) is 19.9. The summed E-state index contributed by atoms with van der Waals surface area (Å²) in [5.41, 5.74) is 3.99. The number of carbonyl (C=O) groups is 1. The minimum Gasteiger partial charge on any atom is -0.486 e. The summed E-state index contributed by atoms with van der Waals surface area (Å²) < 4.78 is 11.1. The summed E-state index contributed by atoms with van der Waals surface area (Å²) in [4.78, 5) is 14.3. The van der Waals surface area contributed by atoms with Gasteiger partial charge in [0.25, 0.3) is 0 Å². The Balaban J connectivity index is 1.59. The molecule has 3 rings (SSSR count). The van der Waals surface area contributed by atoms with E-state index in [0.717, 1.165) is 5.69 Å². The number of anilines is 2. The molecule has 2 aromatic rings. The lowest BCUT2D eigenvalue weighted by atomic mass is 10.1. The van der Waals surface area contributed by atoms with Gasteiger partial charge < -0.3 is 25.0 Å². The Morgan fingerprint density at radius 1 is 1.00 bits per heavy atom. The Morgan fingerprint density at radius 3 is 2.39 bits per heavy atom. The van der Waals surface area contributed by atoms with Gasteiger partial charge in [0.15, 0.2) is 16.6 Å². The summed E-state index contributed by atoms with van der Waals surface area (Å²) in [6.07, 6.45) is 0. The molecule has 148 valence electrons. The zero-order valence-electron chi connectivity index (χ0n) is 16.4. The van der Waals surface area contributed by atoms with E-state index >= 15 is 0 Å². The number of aryl methyl sites for hydroxylation is 2. The minimum atomic E-state index is -0.150. The average Bonchev–Trinajstić information content (AvgIpc) is 2.68. The van der Waals surface area contributed by atoms with Crippen LogP contribution in [0.4, 0.5) is 11.4 Å². The van der Waals surface area contributed by atoms with Crippen molar-refractivity contribution in [1.82, 2.24) is 4.90 Å². The number of rotatable bonds is 5. The van der Waals surface area contributed by atoms with E-state index in [0.29, 0.717) is 42.1 Å². The van der Waals surface area contributed by atoms with Crippen molar-refractivity contribution in [3.63, 3.8) is 0 Å². The zero-order chi connectivity index (χ0) is 20.1. The van der Waals surface area contributed by atoms with E-state index in [9.17, 15) is 4.79 Å². The molecule has 7 heteroatoms. The molecule has 28 heavy (non-hydrogen) atoms. The number of thiocarbonyl (C=S) groups is 1. The fourth-order valence-corrected chi connectivity index (χ4v) is 3.16. The normalized spacial score (nSPS) is 12.2. The van der Waals surface area contributed by atoms with Gasteiger partial charge in [-0.15, -0.1) is 0 Å². The van der Waals surface area contributed by atoms with E-state index in [1.54, 1.807) is 18.2 Å². The zero-order valence-corrected chi connectivity index (χ0v) is 17.2. The topological polar surface area (TPSA) is 62.8 Å². The van der Waals surface area contributed by atoms with Crippen molar-refractivity contribution in [2.24, 2.45) is 0 Å². The fourth-order valence-electron chi connectivity index (χ4n) is 2.84. The Bertz CT molecular complexity index is 885. The molecule has 0 radical (unpaired) electrons. The van der Waals surface area contributed by atoms with Crippen molar-refractivity contribution in [1.29, 1.82) is 0 Å². The molecule has 0 unspecified atom stereocenters. The maximum Gasteiger partial charge on any atom is 0.243 e. The molecule has 0 bridgehead atoms. The molecular weight excluding hydrogens is 374 g/mol. The number of hydrogen-bond acceptors (Lipinski definition) is 4. The number of amides is 1. The van der Waals surface area contributed by atoms with Crippen LogP contribution in [0.5, 0.6) is 11.5 Å². The number of nitrogens with zero attached hydrogens (tertiary/aromatic N) is 1. The van der Waals surface area contributed by atoms with Crippen LogP contribution < -0.4 is 20.1 Å². The van der Waals surface area contributed by atoms with Gasteiger partial charge in [0.05, 0.1) is 6.54 Å². The molecule has 2 aromatic carbocycles. The number of fused-ring (bicyclic) bond motifs is 1. The first-order valence-electron chi connectivity index (χ1n) is 9.29. The van der Waals surface area contributed by atoms with Crippen LogP contribution in [0.25, 0.3) is 0 Å². The van der Waals surface area contributed by atoms with Gasteiger partial charge in [0.1, 0.15) is 13.2 Å². The Labute approximate surface area is 170 Å². The highest BCUT2D eigenvalue weighted by atomic mass is 32.1. The molecule has 0 aromatic heterocycles. The maximum absolute atomic E-state index is 12.5. The van der Waals surface area contributed by atoms with Crippen LogP contribution in [0.3, 0.4) is 0 Å². The first-order valence-corrected chi connectivity index (χ1v) is 9.69.